The Hall–Kier alpha value is -3.96. The van der Waals surface area contributed by atoms with Crippen LogP contribution in [-0.4, -0.2) is 55.6 Å². The van der Waals surface area contributed by atoms with Gasteiger partial charge in [0, 0.05) is 19.3 Å². The van der Waals surface area contributed by atoms with E-state index in [1.54, 1.807) is 0 Å². The van der Waals surface area contributed by atoms with Crippen LogP contribution in [0.4, 0.5) is 0 Å². The van der Waals surface area contributed by atoms with Crippen LogP contribution in [0.15, 0.2) is 30.4 Å². The summed E-state index contributed by atoms with van der Waals surface area (Å²) < 4.78 is 15.4. The minimum atomic E-state index is -0.882. The molecule has 1 fully saturated rings. The summed E-state index contributed by atoms with van der Waals surface area (Å²) in [7, 11) is 1.35. The molecule has 0 heterocycles. The van der Waals surface area contributed by atoms with Crippen molar-refractivity contribution in [1.82, 2.24) is 5.32 Å². The maximum atomic E-state index is 12.1. The van der Waals surface area contributed by atoms with Gasteiger partial charge in [-0.1, -0.05) is 70.4 Å². The Bertz CT molecular complexity index is 1130. The molecule has 0 saturated heterocycles. The second-order valence-electron chi connectivity index (χ2n) is 11.9. The van der Waals surface area contributed by atoms with E-state index in [2.05, 4.69) is 17.1 Å². The van der Waals surface area contributed by atoms with Crippen LogP contribution in [-0.2, 0) is 24.0 Å². The van der Waals surface area contributed by atoms with Crippen molar-refractivity contribution in [1.29, 1.82) is 0 Å². The van der Waals surface area contributed by atoms with E-state index in [1.807, 2.05) is 19.1 Å². The zero-order chi connectivity index (χ0) is 35.4. The van der Waals surface area contributed by atoms with Crippen LogP contribution in [0, 0.1) is 16.0 Å². The molecule has 1 N–H and O–H groups in total. The molecular formula is C36H56N2O10. The number of hydrogen-bond donors (Lipinski definition) is 1. The first-order valence-corrected chi connectivity index (χ1v) is 17.4. The van der Waals surface area contributed by atoms with Crippen molar-refractivity contribution in [3.8, 4) is 11.5 Å². The number of esters is 2. The van der Waals surface area contributed by atoms with Gasteiger partial charge in [-0.05, 0) is 69.6 Å². The highest BCUT2D eigenvalue weighted by molar-refractivity contribution is 5.90. The van der Waals surface area contributed by atoms with E-state index < -0.39 is 17.0 Å². The lowest BCUT2D eigenvalue weighted by Gasteiger charge is -2.11. The number of benzene rings is 1. The number of ether oxygens (including phenoxy) is 3. The van der Waals surface area contributed by atoms with Gasteiger partial charge in [-0.3, -0.25) is 9.59 Å². The third-order valence-electron chi connectivity index (χ3n) is 7.90. The average molecular weight is 677 g/mol. The SMILES string of the molecule is C/C=C\CCCC(=O)NCC(=O)Oc1ccc(C(=O)OCCCCO[N+](=O)[O-])cc1OC.CCCCCCCC(=O)CCC1CCCC1. The lowest BCUT2D eigenvalue weighted by Crippen LogP contribution is -2.31. The van der Waals surface area contributed by atoms with Gasteiger partial charge in [-0.2, -0.15) is 0 Å². The number of nitrogens with one attached hydrogen (secondary N) is 1. The molecule has 1 aliphatic rings. The maximum absolute atomic E-state index is 12.1. The van der Waals surface area contributed by atoms with Crippen molar-refractivity contribution >= 4 is 23.6 Å². The highest BCUT2D eigenvalue weighted by atomic mass is 16.9. The Morgan fingerprint density at radius 1 is 0.938 bits per heavy atom. The number of hydrogen-bond acceptors (Lipinski definition) is 10. The molecule has 12 nitrogen and oxygen atoms in total. The molecule has 0 bridgehead atoms. The summed E-state index contributed by atoms with van der Waals surface area (Å²) in [5, 5.41) is 11.6. The predicted octanol–water partition coefficient (Wildman–Crippen LogP) is 7.49. The second kappa shape index (κ2) is 27.0. The van der Waals surface area contributed by atoms with Gasteiger partial charge in [-0.15, -0.1) is 10.1 Å². The van der Waals surface area contributed by atoms with E-state index in [0.29, 0.717) is 31.5 Å². The van der Waals surface area contributed by atoms with Gasteiger partial charge >= 0.3 is 11.9 Å². The third-order valence-corrected chi connectivity index (χ3v) is 7.90. The van der Waals surface area contributed by atoms with Crippen molar-refractivity contribution in [2.24, 2.45) is 5.92 Å². The van der Waals surface area contributed by atoms with Crippen LogP contribution in [0.25, 0.3) is 0 Å². The largest absolute Gasteiger partial charge is 0.493 e. The molecule has 1 aliphatic carbocycles. The van der Waals surface area contributed by atoms with Crippen LogP contribution in [0.2, 0.25) is 0 Å². The molecular weight excluding hydrogens is 620 g/mol. The minimum Gasteiger partial charge on any atom is -0.493 e. The van der Waals surface area contributed by atoms with Gasteiger partial charge in [0.15, 0.2) is 11.5 Å². The Balaban J connectivity index is 0.000000600. The molecule has 0 atom stereocenters. The van der Waals surface area contributed by atoms with Crippen molar-refractivity contribution < 1.29 is 43.3 Å². The zero-order valence-corrected chi connectivity index (χ0v) is 29.1. The van der Waals surface area contributed by atoms with Gasteiger partial charge < -0.3 is 24.4 Å². The monoisotopic (exact) mass is 676 g/mol. The average Bonchev–Trinajstić information content (AvgIpc) is 3.60. The summed E-state index contributed by atoms with van der Waals surface area (Å²) in [6.45, 7) is 3.82. The van der Waals surface area contributed by atoms with E-state index in [9.17, 15) is 29.3 Å². The Kier molecular flexibility index (Phi) is 23.7. The Labute approximate surface area is 285 Å². The number of Topliss-reactive ketones (excluding diaryl/α,β-unsaturated/α-hetero) is 1. The van der Waals surface area contributed by atoms with E-state index in [1.165, 1.54) is 83.1 Å². The molecule has 48 heavy (non-hydrogen) atoms. The number of ketones is 1. The van der Waals surface area contributed by atoms with Gasteiger partial charge in [-0.25, -0.2) is 9.59 Å². The first-order chi connectivity index (χ1) is 23.2. The molecule has 0 unspecified atom stereocenters. The molecule has 0 radical (unpaired) electrons. The predicted molar refractivity (Wildman–Crippen MR) is 182 cm³/mol. The lowest BCUT2D eigenvalue weighted by molar-refractivity contribution is -0.757. The fraction of sp³-hybridized carbons (Fsp3) is 0.667. The van der Waals surface area contributed by atoms with Gasteiger partial charge in [0.25, 0.3) is 5.09 Å². The fourth-order valence-electron chi connectivity index (χ4n) is 5.15. The molecule has 0 spiro atoms. The van der Waals surface area contributed by atoms with E-state index in [-0.39, 0.29) is 42.7 Å². The summed E-state index contributed by atoms with van der Waals surface area (Å²) in [5.41, 5.74) is 0.178. The first kappa shape index (κ1) is 42.1. The maximum Gasteiger partial charge on any atom is 0.338 e. The molecule has 0 aliphatic heterocycles. The van der Waals surface area contributed by atoms with E-state index in [0.717, 1.165) is 31.6 Å². The summed E-state index contributed by atoms with van der Waals surface area (Å²) in [6.07, 6.45) is 21.1. The number of nitrogens with zero attached hydrogens (tertiary/aromatic N) is 1. The quantitative estimate of drug-likeness (QED) is 0.0290. The Morgan fingerprint density at radius 3 is 2.35 bits per heavy atom. The Morgan fingerprint density at radius 2 is 1.67 bits per heavy atom. The number of carbonyl (C=O) groups excluding carboxylic acids is 4. The highest BCUT2D eigenvalue weighted by Crippen LogP contribution is 2.29. The molecule has 1 aromatic rings. The molecule has 270 valence electrons. The summed E-state index contributed by atoms with van der Waals surface area (Å²) in [6, 6.07) is 4.15. The summed E-state index contributed by atoms with van der Waals surface area (Å²) in [5.74, 6) is 0.0750. The molecule has 12 heteroatoms. The number of allylic oxidation sites excluding steroid dienone is 2. The van der Waals surface area contributed by atoms with Gasteiger partial charge in [0.05, 0.1) is 25.9 Å². The van der Waals surface area contributed by atoms with Crippen LogP contribution >= 0.6 is 0 Å². The smallest absolute Gasteiger partial charge is 0.338 e. The van der Waals surface area contributed by atoms with Crippen LogP contribution in [0.1, 0.15) is 133 Å². The van der Waals surface area contributed by atoms with Crippen molar-refractivity contribution in [3.05, 3.63) is 46.0 Å². The zero-order valence-electron chi connectivity index (χ0n) is 29.1. The summed E-state index contributed by atoms with van der Waals surface area (Å²) >= 11 is 0. The van der Waals surface area contributed by atoms with Crippen molar-refractivity contribution in [2.75, 3.05) is 26.9 Å². The molecule has 1 amide bonds. The third kappa shape index (κ3) is 21.0. The topological polar surface area (TPSA) is 160 Å². The molecule has 0 aromatic heterocycles. The normalized spacial score (nSPS) is 12.6. The van der Waals surface area contributed by atoms with Crippen molar-refractivity contribution in [2.45, 2.75) is 123 Å². The molecule has 1 aromatic carbocycles. The second-order valence-corrected chi connectivity index (χ2v) is 11.9. The van der Waals surface area contributed by atoms with Crippen molar-refractivity contribution in [3.63, 3.8) is 0 Å². The molecule has 1 saturated carbocycles. The number of methoxy groups -OCH3 is 1. The fourth-order valence-corrected chi connectivity index (χ4v) is 5.15. The number of unbranched alkanes of at least 4 members (excludes halogenated alkanes) is 6. The minimum absolute atomic E-state index is 0.0629. The standard InChI is InChI=1S/C21H28N2O9.C15H28O/c1-3-4-5-6-9-19(24)22-15-20(25)32-17-11-10-16(14-18(17)29-2)21(26)30-12-7-8-13-31-23(27)28;1-2-3-4-5-6-11-15(16)13-12-14-9-7-8-10-14/h3-4,10-11,14H,5-9,12-13,15H2,1-2H3,(H,22,24);14H,2-13H2,1H3/b4-3-;. The highest BCUT2D eigenvalue weighted by Gasteiger charge is 2.17. The first-order valence-electron chi connectivity index (χ1n) is 17.4. The van der Waals surface area contributed by atoms with Crippen LogP contribution in [0.3, 0.4) is 0 Å². The van der Waals surface area contributed by atoms with E-state index in [4.69, 9.17) is 14.2 Å². The lowest BCUT2D eigenvalue weighted by atomic mass is 9.98. The number of carbonyl (C=O) groups is 4. The van der Waals surface area contributed by atoms with Crippen LogP contribution < -0.4 is 14.8 Å². The van der Waals surface area contributed by atoms with Crippen LogP contribution in [0.5, 0.6) is 11.5 Å². The summed E-state index contributed by atoms with van der Waals surface area (Å²) in [4.78, 5) is 61.7. The van der Waals surface area contributed by atoms with Gasteiger partial charge in [0.2, 0.25) is 5.91 Å². The van der Waals surface area contributed by atoms with E-state index >= 15 is 0 Å². The van der Waals surface area contributed by atoms with Gasteiger partial charge in [0.1, 0.15) is 12.3 Å². The number of amides is 1. The molecule has 2 rings (SSSR count). The number of rotatable bonds is 24.